The summed E-state index contributed by atoms with van der Waals surface area (Å²) in [6, 6.07) is 3.53. The van der Waals surface area contributed by atoms with Crippen LogP contribution in [-0.2, 0) is 10.8 Å². The van der Waals surface area contributed by atoms with E-state index in [1.54, 1.807) is 6.07 Å². The summed E-state index contributed by atoms with van der Waals surface area (Å²) >= 11 is 0. The molecule has 0 fully saturated rings. The Kier molecular flexibility index (Phi) is 3.48. The Bertz CT molecular complexity index is 476. The Balaban J connectivity index is 3.62. The molecule has 0 unspecified atom stereocenters. The topological polar surface area (TPSA) is 63.3 Å². The van der Waals surface area contributed by atoms with E-state index in [1.165, 1.54) is 0 Å². The van der Waals surface area contributed by atoms with Gasteiger partial charge in [0, 0.05) is 5.69 Å². The molecule has 0 aliphatic heterocycles. The summed E-state index contributed by atoms with van der Waals surface area (Å²) in [5.74, 6) is -0.924. The lowest BCUT2D eigenvalue weighted by atomic mass is 9.77. The SMILES string of the molecule is CC(C)(C)c1cc(C(C)(C)C)c(C(=O)O)cc1N. The minimum absolute atomic E-state index is 0.0961. The van der Waals surface area contributed by atoms with Gasteiger partial charge in [0.1, 0.15) is 0 Å². The van der Waals surface area contributed by atoms with Crippen molar-refractivity contribution in [2.45, 2.75) is 52.4 Å². The van der Waals surface area contributed by atoms with Gasteiger partial charge in [-0.3, -0.25) is 0 Å². The number of nitrogen functional groups attached to an aromatic ring is 1. The molecule has 3 nitrogen and oxygen atoms in total. The third-order valence-corrected chi connectivity index (χ3v) is 3.04. The number of hydrogen-bond acceptors (Lipinski definition) is 2. The zero-order chi connectivity index (χ0) is 14.3. The molecule has 0 amide bonds. The first kappa shape index (κ1) is 14.6. The zero-order valence-corrected chi connectivity index (χ0v) is 12.1. The molecule has 0 aromatic heterocycles. The smallest absolute Gasteiger partial charge is 0.336 e. The minimum Gasteiger partial charge on any atom is -0.478 e. The number of anilines is 1. The van der Waals surface area contributed by atoms with Crippen LogP contribution < -0.4 is 5.73 Å². The van der Waals surface area contributed by atoms with Crippen LogP contribution in [-0.4, -0.2) is 11.1 Å². The first-order chi connectivity index (χ1) is 7.94. The van der Waals surface area contributed by atoms with Crippen molar-refractivity contribution in [1.82, 2.24) is 0 Å². The van der Waals surface area contributed by atoms with Gasteiger partial charge in [0.25, 0.3) is 0 Å². The molecular weight excluding hydrogens is 226 g/mol. The van der Waals surface area contributed by atoms with E-state index in [1.807, 2.05) is 26.8 Å². The Morgan fingerprint density at radius 3 is 1.78 bits per heavy atom. The monoisotopic (exact) mass is 249 g/mol. The van der Waals surface area contributed by atoms with Gasteiger partial charge in [0.15, 0.2) is 0 Å². The van der Waals surface area contributed by atoms with Crippen LogP contribution in [0.1, 0.15) is 63.0 Å². The molecule has 0 saturated carbocycles. The fraction of sp³-hybridized carbons (Fsp3) is 0.533. The van der Waals surface area contributed by atoms with E-state index in [2.05, 4.69) is 20.8 Å². The van der Waals surface area contributed by atoms with Crippen LogP contribution in [0.15, 0.2) is 12.1 Å². The molecule has 0 spiro atoms. The van der Waals surface area contributed by atoms with Crippen molar-refractivity contribution in [3.05, 3.63) is 28.8 Å². The fourth-order valence-corrected chi connectivity index (χ4v) is 2.06. The van der Waals surface area contributed by atoms with Crippen molar-refractivity contribution in [2.24, 2.45) is 0 Å². The average molecular weight is 249 g/mol. The molecule has 0 bridgehead atoms. The predicted molar refractivity (Wildman–Crippen MR) is 75.2 cm³/mol. The third kappa shape index (κ3) is 2.84. The number of nitrogens with two attached hydrogens (primary N) is 1. The molecule has 0 heterocycles. The highest BCUT2D eigenvalue weighted by Gasteiger charge is 2.26. The van der Waals surface area contributed by atoms with Crippen LogP contribution in [0.4, 0.5) is 5.69 Å². The summed E-state index contributed by atoms with van der Waals surface area (Å²) in [4.78, 5) is 11.3. The molecule has 18 heavy (non-hydrogen) atoms. The van der Waals surface area contributed by atoms with E-state index in [0.717, 1.165) is 11.1 Å². The number of carboxylic acids is 1. The molecule has 3 heteroatoms. The van der Waals surface area contributed by atoms with E-state index in [9.17, 15) is 9.90 Å². The molecule has 0 radical (unpaired) electrons. The molecule has 3 N–H and O–H groups in total. The molecule has 0 aliphatic carbocycles. The molecule has 0 atom stereocenters. The van der Waals surface area contributed by atoms with Gasteiger partial charge in [0.05, 0.1) is 5.56 Å². The summed E-state index contributed by atoms with van der Waals surface area (Å²) in [5.41, 5.74) is 8.35. The van der Waals surface area contributed by atoms with Gasteiger partial charge in [0.2, 0.25) is 0 Å². The predicted octanol–water partition coefficient (Wildman–Crippen LogP) is 3.56. The zero-order valence-electron chi connectivity index (χ0n) is 12.1. The Labute approximate surface area is 109 Å². The van der Waals surface area contributed by atoms with Crippen molar-refractivity contribution in [2.75, 3.05) is 5.73 Å². The number of carboxylic acid groups (broad SMARTS) is 1. The van der Waals surface area contributed by atoms with Crippen molar-refractivity contribution >= 4 is 11.7 Å². The molecule has 1 rings (SSSR count). The molecule has 100 valence electrons. The van der Waals surface area contributed by atoms with Crippen LogP contribution in [0.5, 0.6) is 0 Å². The first-order valence-electron chi connectivity index (χ1n) is 6.12. The van der Waals surface area contributed by atoms with Crippen LogP contribution in [0.25, 0.3) is 0 Å². The molecular formula is C15H23NO2. The summed E-state index contributed by atoms with van der Waals surface area (Å²) in [6.45, 7) is 12.3. The Morgan fingerprint density at radius 1 is 1.00 bits per heavy atom. The van der Waals surface area contributed by atoms with Gasteiger partial charge in [-0.05, 0) is 28.0 Å². The second-order valence-electron chi connectivity index (χ2n) is 6.79. The lowest BCUT2D eigenvalue weighted by Crippen LogP contribution is -2.21. The third-order valence-electron chi connectivity index (χ3n) is 3.04. The minimum atomic E-state index is -0.924. The van der Waals surface area contributed by atoms with Crippen LogP contribution >= 0.6 is 0 Å². The van der Waals surface area contributed by atoms with Gasteiger partial charge < -0.3 is 10.8 Å². The number of hydrogen-bond donors (Lipinski definition) is 2. The summed E-state index contributed by atoms with van der Waals surface area (Å²) in [5, 5.41) is 9.29. The molecule has 0 saturated heterocycles. The highest BCUT2D eigenvalue weighted by Crippen LogP contribution is 2.35. The Morgan fingerprint density at radius 2 is 1.44 bits per heavy atom. The van der Waals surface area contributed by atoms with Crippen LogP contribution in [0, 0.1) is 0 Å². The summed E-state index contributed by atoms with van der Waals surface area (Å²) in [7, 11) is 0. The highest BCUT2D eigenvalue weighted by atomic mass is 16.4. The second kappa shape index (κ2) is 4.30. The van der Waals surface area contributed by atoms with Gasteiger partial charge >= 0.3 is 5.97 Å². The van der Waals surface area contributed by atoms with E-state index in [0.29, 0.717) is 11.3 Å². The average Bonchev–Trinajstić information content (AvgIpc) is 2.12. The molecule has 1 aromatic carbocycles. The summed E-state index contributed by atoms with van der Waals surface area (Å²) in [6.07, 6.45) is 0. The van der Waals surface area contributed by atoms with Crippen molar-refractivity contribution in [3.8, 4) is 0 Å². The standard InChI is InChI=1S/C15H23NO2/c1-14(2,3)10-8-11(15(4,5)6)12(16)7-9(10)13(17)18/h7-8H,16H2,1-6H3,(H,17,18). The first-order valence-corrected chi connectivity index (χ1v) is 6.12. The van der Waals surface area contributed by atoms with Gasteiger partial charge in [-0.1, -0.05) is 47.6 Å². The van der Waals surface area contributed by atoms with Crippen molar-refractivity contribution < 1.29 is 9.90 Å². The van der Waals surface area contributed by atoms with Crippen LogP contribution in [0.3, 0.4) is 0 Å². The van der Waals surface area contributed by atoms with E-state index < -0.39 is 5.97 Å². The van der Waals surface area contributed by atoms with E-state index >= 15 is 0 Å². The fourth-order valence-electron chi connectivity index (χ4n) is 2.06. The van der Waals surface area contributed by atoms with Gasteiger partial charge in [-0.25, -0.2) is 4.79 Å². The largest absolute Gasteiger partial charge is 0.478 e. The number of benzene rings is 1. The maximum atomic E-state index is 11.3. The summed E-state index contributed by atoms with van der Waals surface area (Å²) < 4.78 is 0. The van der Waals surface area contributed by atoms with E-state index in [-0.39, 0.29) is 10.8 Å². The molecule has 1 aromatic rings. The van der Waals surface area contributed by atoms with E-state index in [4.69, 9.17) is 5.73 Å². The lowest BCUT2D eigenvalue weighted by Gasteiger charge is -2.27. The lowest BCUT2D eigenvalue weighted by molar-refractivity contribution is 0.0694. The van der Waals surface area contributed by atoms with Gasteiger partial charge in [-0.2, -0.15) is 0 Å². The quantitative estimate of drug-likeness (QED) is 0.748. The number of carbonyl (C=O) groups is 1. The Hall–Kier alpha value is -1.51. The highest BCUT2D eigenvalue weighted by molar-refractivity contribution is 5.91. The normalized spacial score (nSPS) is 12.6. The van der Waals surface area contributed by atoms with Crippen molar-refractivity contribution in [3.63, 3.8) is 0 Å². The maximum absolute atomic E-state index is 11.3. The van der Waals surface area contributed by atoms with Crippen LogP contribution in [0.2, 0.25) is 0 Å². The van der Waals surface area contributed by atoms with Gasteiger partial charge in [-0.15, -0.1) is 0 Å². The number of aromatic carboxylic acids is 1. The second-order valence-corrected chi connectivity index (χ2v) is 6.79. The number of rotatable bonds is 1. The van der Waals surface area contributed by atoms with Crippen molar-refractivity contribution in [1.29, 1.82) is 0 Å². The molecule has 0 aliphatic rings. The maximum Gasteiger partial charge on any atom is 0.336 e.